The second kappa shape index (κ2) is 16.3. The molecule has 0 saturated carbocycles. The van der Waals surface area contributed by atoms with Crippen molar-refractivity contribution in [3.05, 3.63) is 40.6 Å². The van der Waals surface area contributed by atoms with Crippen LogP contribution in [0.4, 0.5) is 0 Å². The molecule has 14 N–H and O–H groups in total. The van der Waals surface area contributed by atoms with Crippen LogP contribution in [0.1, 0.15) is 0 Å². The molecule has 0 bridgehead atoms. The molecule has 3 saturated heterocycles. The Balaban J connectivity index is 1.20. The van der Waals surface area contributed by atoms with Gasteiger partial charge in [-0.15, -0.1) is 0 Å². The SMILES string of the molecule is O=c1c(OC2OC(COC3OC(COC4OC(CO)C(O)C(O)C4O)C(O)C(O)C3O)C(O)C(O)C2O)c(-c2ccc(O)c(O)c2)oc2cc(O)cc(O)c12. The van der Waals surface area contributed by atoms with Gasteiger partial charge in [0.05, 0.1) is 19.8 Å². The molecule has 22 nitrogen and oxygen atoms in total. The summed E-state index contributed by atoms with van der Waals surface area (Å²) < 4.78 is 38.8. The summed E-state index contributed by atoms with van der Waals surface area (Å²) in [7, 11) is 0. The first-order valence-electron chi connectivity index (χ1n) is 16.7. The van der Waals surface area contributed by atoms with E-state index in [0.717, 1.165) is 24.3 Å². The standard InChI is InChI=1S/C33H40O22/c34-6-15-19(39)23(43)26(46)31(52-15)49-7-16-20(40)24(44)27(47)32(53-16)50-8-17-21(41)25(45)28(48)33(54-17)55-30-22(42)18-13(38)4-10(35)5-14(18)51-29(30)9-1-2-11(36)12(37)3-9/h1-5,15-17,19-21,23-28,31-41,43-48H,6-8H2. The van der Waals surface area contributed by atoms with E-state index in [1.165, 1.54) is 6.07 Å². The number of rotatable bonds is 10. The van der Waals surface area contributed by atoms with Gasteiger partial charge in [0.2, 0.25) is 17.5 Å². The smallest absolute Gasteiger partial charge is 0.239 e. The number of ether oxygens (including phenoxy) is 6. The van der Waals surface area contributed by atoms with E-state index in [1.807, 2.05) is 0 Å². The second-order valence-corrected chi connectivity index (χ2v) is 13.1. The molecule has 0 radical (unpaired) electrons. The quantitative estimate of drug-likeness (QED) is 0.0856. The van der Waals surface area contributed by atoms with E-state index in [2.05, 4.69) is 0 Å². The van der Waals surface area contributed by atoms with Crippen molar-refractivity contribution in [1.29, 1.82) is 0 Å². The Morgan fingerprint density at radius 1 is 0.564 bits per heavy atom. The topological polar surface area (TPSA) is 369 Å². The summed E-state index contributed by atoms with van der Waals surface area (Å²) in [6.07, 6.45) is -27.0. The van der Waals surface area contributed by atoms with Crippen LogP contribution in [-0.2, 0) is 23.7 Å². The van der Waals surface area contributed by atoms with E-state index < -0.39 is 157 Å². The minimum absolute atomic E-state index is 0.0906. The number of aliphatic hydroxyl groups is 10. The van der Waals surface area contributed by atoms with Gasteiger partial charge >= 0.3 is 0 Å². The number of phenolic OH excluding ortho intramolecular Hbond substituents is 4. The fourth-order valence-electron chi connectivity index (χ4n) is 6.27. The van der Waals surface area contributed by atoms with Crippen molar-refractivity contribution in [1.82, 2.24) is 0 Å². The third-order valence-corrected chi connectivity index (χ3v) is 9.42. The minimum Gasteiger partial charge on any atom is -0.508 e. The highest BCUT2D eigenvalue weighted by Crippen LogP contribution is 2.39. The monoisotopic (exact) mass is 788 g/mol. The Bertz CT molecular complexity index is 1870. The molecule has 304 valence electrons. The molecule has 3 aliphatic rings. The zero-order valence-corrected chi connectivity index (χ0v) is 28.2. The second-order valence-electron chi connectivity index (χ2n) is 13.1. The van der Waals surface area contributed by atoms with Crippen molar-refractivity contribution in [2.45, 2.75) is 92.1 Å². The normalized spacial score (nSPS) is 36.9. The summed E-state index contributed by atoms with van der Waals surface area (Å²) in [5.74, 6) is -3.66. The number of phenols is 4. The van der Waals surface area contributed by atoms with Crippen molar-refractivity contribution in [2.75, 3.05) is 19.8 Å². The molecular formula is C33H40O22. The van der Waals surface area contributed by atoms with Crippen LogP contribution in [0.25, 0.3) is 22.3 Å². The third-order valence-electron chi connectivity index (χ3n) is 9.42. The molecular weight excluding hydrogens is 748 g/mol. The summed E-state index contributed by atoms with van der Waals surface area (Å²) >= 11 is 0. The molecule has 0 spiro atoms. The Morgan fingerprint density at radius 2 is 1.07 bits per heavy atom. The van der Waals surface area contributed by atoms with Gasteiger partial charge in [-0.05, 0) is 18.2 Å². The molecule has 6 rings (SSSR count). The number of benzene rings is 2. The van der Waals surface area contributed by atoms with Crippen LogP contribution < -0.4 is 10.2 Å². The van der Waals surface area contributed by atoms with Crippen molar-refractivity contribution >= 4 is 11.0 Å². The van der Waals surface area contributed by atoms with Crippen molar-refractivity contribution in [3.63, 3.8) is 0 Å². The van der Waals surface area contributed by atoms with Gasteiger partial charge in [0.1, 0.15) is 95.7 Å². The highest BCUT2D eigenvalue weighted by molar-refractivity contribution is 5.88. The molecule has 1 aromatic heterocycles. The number of hydrogen-bond acceptors (Lipinski definition) is 22. The Labute approximate surface area is 307 Å². The lowest BCUT2D eigenvalue weighted by atomic mass is 9.98. The molecule has 15 atom stereocenters. The van der Waals surface area contributed by atoms with Gasteiger partial charge in [-0.25, -0.2) is 0 Å². The summed E-state index contributed by atoms with van der Waals surface area (Å²) in [6, 6.07) is 5.05. The number of aromatic hydroxyl groups is 4. The number of hydrogen-bond donors (Lipinski definition) is 14. The van der Waals surface area contributed by atoms with Crippen LogP contribution in [0.15, 0.2) is 39.5 Å². The Hall–Kier alpha value is -3.95. The highest BCUT2D eigenvalue weighted by atomic mass is 16.7. The van der Waals surface area contributed by atoms with E-state index in [-0.39, 0.29) is 11.1 Å². The summed E-state index contributed by atoms with van der Waals surface area (Å²) in [5, 5.41) is 143. The van der Waals surface area contributed by atoms with Crippen molar-refractivity contribution in [2.24, 2.45) is 0 Å². The lowest BCUT2D eigenvalue weighted by Crippen LogP contribution is -2.63. The third kappa shape index (κ3) is 7.89. The zero-order chi connectivity index (χ0) is 40.0. The van der Waals surface area contributed by atoms with Gasteiger partial charge in [-0.3, -0.25) is 4.79 Å². The number of fused-ring (bicyclic) bond motifs is 1. The maximum atomic E-state index is 13.7. The molecule has 0 amide bonds. The summed E-state index contributed by atoms with van der Waals surface area (Å²) in [4.78, 5) is 13.7. The van der Waals surface area contributed by atoms with Gasteiger partial charge in [0.15, 0.2) is 29.8 Å². The number of aliphatic hydroxyl groups excluding tert-OH is 10. The first kappa shape index (κ1) is 40.7. The van der Waals surface area contributed by atoms with E-state index in [4.69, 9.17) is 32.8 Å². The molecule has 2 aromatic carbocycles. The van der Waals surface area contributed by atoms with Crippen LogP contribution in [0.5, 0.6) is 28.7 Å². The lowest BCUT2D eigenvalue weighted by molar-refractivity contribution is -0.339. The van der Waals surface area contributed by atoms with Gasteiger partial charge < -0.3 is 104 Å². The molecule has 3 aromatic rings. The Morgan fingerprint density at radius 3 is 1.62 bits per heavy atom. The molecule has 3 aliphatic heterocycles. The van der Waals surface area contributed by atoms with Crippen LogP contribution >= 0.6 is 0 Å². The molecule has 4 heterocycles. The Kier molecular flexibility index (Phi) is 12.0. The largest absolute Gasteiger partial charge is 0.508 e. The summed E-state index contributed by atoms with van der Waals surface area (Å²) in [5.41, 5.74) is -1.53. The van der Waals surface area contributed by atoms with Crippen molar-refractivity contribution in [3.8, 4) is 40.1 Å². The maximum Gasteiger partial charge on any atom is 0.239 e. The average molecular weight is 789 g/mol. The predicted octanol–water partition coefficient (Wildman–Crippen LogP) is -4.89. The first-order chi connectivity index (χ1) is 26.0. The fourth-order valence-corrected chi connectivity index (χ4v) is 6.27. The van der Waals surface area contributed by atoms with Crippen LogP contribution in [-0.4, -0.2) is 183 Å². The minimum atomic E-state index is -2.08. The molecule has 3 fully saturated rings. The first-order valence-corrected chi connectivity index (χ1v) is 16.7. The average Bonchev–Trinajstić information content (AvgIpc) is 3.15. The zero-order valence-electron chi connectivity index (χ0n) is 28.2. The summed E-state index contributed by atoms with van der Waals surface area (Å²) in [6.45, 7) is -2.22. The van der Waals surface area contributed by atoms with E-state index >= 15 is 0 Å². The highest BCUT2D eigenvalue weighted by Gasteiger charge is 2.50. The van der Waals surface area contributed by atoms with Crippen LogP contribution in [0.3, 0.4) is 0 Å². The molecule has 22 heteroatoms. The predicted molar refractivity (Wildman–Crippen MR) is 174 cm³/mol. The lowest BCUT2D eigenvalue weighted by Gasteiger charge is -2.43. The van der Waals surface area contributed by atoms with E-state index in [9.17, 15) is 76.3 Å². The van der Waals surface area contributed by atoms with Gasteiger partial charge in [-0.1, -0.05) is 0 Å². The van der Waals surface area contributed by atoms with E-state index in [1.54, 1.807) is 0 Å². The van der Waals surface area contributed by atoms with Crippen LogP contribution in [0, 0.1) is 0 Å². The van der Waals surface area contributed by atoms with Crippen molar-refractivity contribution < 1.29 is 104 Å². The molecule has 0 aliphatic carbocycles. The maximum absolute atomic E-state index is 13.7. The van der Waals surface area contributed by atoms with Gasteiger partial charge in [0.25, 0.3) is 0 Å². The van der Waals surface area contributed by atoms with Gasteiger partial charge in [-0.2, -0.15) is 0 Å². The molecule has 55 heavy (non-hydrogen) atoms. The fraction of sp³-hybridized carbons (Fsp3) is 0.545. The van der Waals surface area contributed by atoms with E-state index in [0.29, 0.717) is 0 Å². The van der Waals surface area contributed by atoms with Gasteiger partial charge in [0, 0.05) is 17.7 Å². The molecule has 15 unspecified atom stereocenters. The van der Waals surface area contributed by atoms with Crippen LogP contribution in [0.2, 0.25) is 0 Å².